The van der Waals surface area contributed by atoms with Crippen LogP contribution in [0.5, 0.6) is 0 Å². The maximum absolute atomic E-state index is 12.4. The summed E-state index contributed by atoms with van der Waals surface area (Å²) in [5.74, 6) is -1.01. The zero-order chi connectivity index (χ0) is 21.9. The van der Waals surface area contributed by atoms with Gasteiger partial charge in [0.05, 0.1) is 0 Å². The maximum Gasteiger partial charge on any atom is 0.331 e. The second-order valence-corrected chi connectivity index (χ2v) is 6.96. The standard InChI is InChI=1S/C27H24O4/c1-21-9-8-14-24(19-21)25(31-27(29)18-16-23-12-6-3-7-13-23)20-30-26(28)17-15-22-10-4-2-5-11-22/h2-19,25H,20H2,1H3/b17-15+,18-16+/t25-/m1/s1. The molecule has 156 valence electrons. The third-order valence-corrected chi connectivity index (χ3v) is 4.47. The van der Waals surface area contributed by atoms with Gasteiger partial charge < -0.3 is 9.47 Å². The molecule has 4 nitrogen and oxygen atoms in total. The number of hydrogen-bond acceptors (Lipinski definition) is 4. The molecule has 0 aliphatic carbocycles. The van der Waals surface area contributed by atoms with Gasteiger partial charge in [-0.05, 0) is 35.8 Å². The molecule has 3 aromatic rings. The highest BCUT2D eigenvalue weighted by atomic mass is 16.6. The molecule has 4 heteroatoms. The van der Waals surface area contributed by atoms with Crippen molar-refractivity contribution in [2.24, 2.45) is 0 Å². The third kappa shape index (κ3) is 7.44. The molecule has 0 radical (unpaired) electrons. The monoisotopic (exact) mass is 412 g/mol. The van der Waals surface area contributed by atoms with Crippen LogP contribution >= 0.6 is 0 Å². The average molecular weight is 412 g/mol. The van der Waals surface area contributed by atoms with Crippen molar-refractivity contribution in [3.05, 3.63) is 119 Å². The topological polar surface area (TPSA) is 52.6 Å². The van der Waals surface area contributed by atoms with Crippen LogP contribution in [-0.4, -0.2) is 18.5 Å². The van der Waals surface area contributed by atoms with E-state index in [0.717, 1.165) is 22.3 Å². The highest BCUT2D eigenvalue weighted by Crippen LogP contribution is 2.20. The van der Waals surface area contributed by atoms with Gasteiger partial charge in [-0.1, -0.05) is 90.5 Å². The van der Waals surface area contributed by atoms with E-state index < -0.39 is 18.0 Å². The maximum atomic E-state index is 12.4. The second kappa shape index (κ2) is 11.3. The molecule has 0 aromatic heterocycles. The van der Waals surface area contributed by atoms with E-state index in [1.165, 1.54) is 12.2 Å². The molecule has 0 fully saturated rings. The summed E-state index contributed by atoms with van der Waals surface area (Å²) in [5, 5.41) is 0. The van der Waals surface area contributed by atoms with Crippen LogP contribution in [0.25, 0.3) is 12.2 Å². The molecule has 1 atom stereocenters. The summed E-state index contributed by atoms with van der Waals surface area (Å²) in [5.41, 5.74) is 3.58. The average Bonchev–Trinajstić information content (AvgIpc) is 2.80. The molecule has 0 N–H and O–H groups in total. The lowest BCUT2D eigenvalue weighted by molar-refractivity contribution is -0.153. The Morgan fingerprint density at radius 1 is 0.774 bits per heavy atom. The quantitative estimate of drug-likeness (QED) is 0.360. The second-order valence-electron chi connectivity index (χ2n) is 6.96. The SMILES string of the molecule is Cc1cccc([C@@H](COC(=O)/C=C/c2ccccc2)OC(=O)/C=C/c2ccccc2)c1. The van der Waals surface area contributed by atoms with E-state index in [2.05, 4.69) is 0 Å². The molecule has 0 saturated carbocycles. The molecule has 0 aliphatic heterocycles. The first-order valence-electron chi connectivity index (χ1n) is 10.0. The van der Waals surface area contributed by atoms with Crippen LogP contribution in [0.1, 0.15) is 28.4 Å². The Bertz CT molecular complexity index is 1050. The van der Waals surface area contributed by atoms with Crippen LogP contribution in [0, 0.1) is 6.92 Å². The molecule has 31 heavy (non-hydrogen) atoms. The molecule has 0 bridgehead atoms. The smallest absolute Gasteiger partial charge is 0.331 e. The number of hydrogen-bond donors (Lipinski definition) is 0. The van der Waals surface area contributed by atoms with Gasteiger partial charge in [0.15, 0.2) is 6.10 Å². The van der Waals surface area contributed by atoms with Gasteiger partial charge in [-0.25, -0.2) is 9.59 Å². The number of ether oxygens (including phenoxy) is 2. The van der Waals surface area contributed by atoms with Gasteiger partial charge in [-0.3, -0.25) is 0 Å². The Morgan fingerprint density at radius 3 is 1.94 bits per heavy atom. The first-order chi connectivity index (χ1) is 15.1. The van der Waals surface area contributed by atoms with Crippen LogP contribution in [0.2, 0.25) is 0 Å². The van der Waals surface area contributed by atoms with Crippen molar-refractivity contribution in [2.75, 3.05) is 6.61 Å². The first-order valence-corrected chi connectivity index (χ1v) is 10.0. The third-order valence-electron chi connectivity index (χ3n) is 4.47. The van der Waals surface area contributed by atoms with Gasteiger partial charge in [0.2, 0.25) is 0 Å². The predicted molar refractivity (Wildman–Crippen MR) is 122 cm³/mol. The minimum absolute atomic E-state index is 0.0771. The molecule has 0 spiro atoms. The van der Waals surface area contributed by atoms with Crippen molar-refractivity contribution in [2.45, 2.75) is 13.0 Å². The number of esters is 2. The summed E-state index contributed by atoms with van der Waals surface area (Å²) in [6.07, 6.45) is 5.39. The molecule has 3 aromatic carbocycles. The lowest BCUT2D eigenvalue weighted by atomic mass is 10.1. The van der Waals surface area contributed by atoms with E-state index >= 15 is 0 Å². The van der Waals surface area contributed by atoms with Gasteiger partial charge in [-0.15, -0.1) is 0 Å². The van der Waals surface area contributed by atoms with Gasteiger partial charge in [-0.2, -0.15) is 0 Å². The van der Waals surface area contributed by atoms with Crippen molar-refractivity contribution in [3.8, 4) is 0 Å². The van der Waals surface area contributed by atoms with Crippen molar-refractivity contribution >= 4 is 24.1 Å². The summed E-state index contributed by atoms with van der Waals surface area (Å²) in [6.45, 7) is 1.87. The normalized spacial score (nSPS) is 12.0. The molecule has 0 amide bonds. The highest BCUT2D eigenvalue weighted by molar-refractivity contribution is 5.88. The Kier molecular flexibility index (Phi) is 7.95. The molecular weight excluding hydrogens is 388 g/mol. The summed E-state index contributed by atoms with van der Waals surface area (Å²) >= 11 is 0. The Balaban J connectivity index is 1.65. The fourth-order valence-electron chi connectivity index (χ4n) is 2.91. The summed E-state index contributed by atoms with van der Waals surface area (Å²) in [4.78, 5) is 24.5. The molecule has 0 heterocycles. The molecular formula is C27H24O4. The molecule has 3 rings (SSSR count). The van der Waals surface area contributed by atoms with Crippen LogP contribution in [-0.2, 0) is 19.1 Å². The minimum Gasteiger partial charge on any atom is -0.458 e. The van der Waals surface area contributed by atoms with Crippen molar-refractivity contribution in [1.29, 1.82) is 0 Å². The zero-order valence-electron chi connectivity index (χ0n) is 17.3. The van der Waals surface area contributed by atoms with Crippen molar-refractivity contribution < 1.29 is 19.1 Å². The van der Waals surface area contributed by atoms with E-state index in [1.807, 2.05) is 91.9 Å². The van der Waals surface area contributed by atoms with Crippen molar-refractivity contribution in [1.82, 2.24) is 0 Å². The van der Waals surface area contributed by atoms with E-state index in [4.69, 9.17) is 9.47 Å². The minimum atomic E-state index is -0.707. The van der Waals surface area contributed by atoms with Crippen LogP contribution < -0.4 is 0 Å². The van der Waals surface area contributed by atoms with Crippen molar-refractivity contribution in [3.63, 3.8) is 0 Å². The fraction of sp³-hybridized carbons (Fsp3) is 0.111. The molecule has 0 unspecified atom stereocenters. The number of carbonyl (C=O) groups is 2. The van der Waals surface area contributed by atoms with Crippen LogP contribution in [0.4, 0.5) is 0 Å². The lowest BCUT2D eigenvalue weighted by Crippen LogP contribution is -2.17. The van der Waals surface area contributed by atoms with E-state index in [-0.39, 0.29) is 6.61 Å². The molecule has 0 aliphatic rings. The van der Waals surface area contributed by atoms with E-state index in [1.54, 1.807) is 12.2 Å². The predicted octanol–water partition coefficient (Wildman–Crippen LogP) is 5.55. The number of carbonyl (C=O) groups excluding carboxylic acids is 2. The number of rotatable bonds is 8. The first kappa shape index (κ1) is 21.8. The highest BCUT2D eigenvalue weighted by Gasteiger charge is 2.18. The summed E-state index contributed by atoms with van der Waals surface area (Å²) < 4.78 is 11.0. The largest absolute Gasteiger partial charge is 0.458 e. The summed E-state index contributed by atoms with van der Waals surface area (Å²) in [6, 6.07) is 26.5. The number of benzene rings is 3. The van der Waals surface area contributed by atoms with Gasteiger partial charge in [0.1, 0.15) is 6.61 Å². The Morgan fingerprint density at radius 2 is 1.35 bits per heavy atom. The Hall–Kier alpha value is -3.92. The van der Waals surface area contributed by atoms with Gasteiger partial charge in [0.25, 0.3) is 0 Å². The summed E-state index contributed by atoms with van der Waals surface area (Å²) in [7, 11) is 0. The fourth-order valence-corrected chi connectivity index (χ4v) is 2.91. The zero-order valence-corrected chi connectivity index (χ0v) is 17.3. The van der Waals surface area contributed by atoms with E-state index in [9.17, 15) is 9.59 Å². The number of aryl methyl sites for hydroxylation is 1. The van der Waals surface area contributed by atoms with Crippen LogP contribution in [0.3, 0.4) is 0 Å². The van der Waals surface area contributed by atoms with Gasteiger partial charge >= 0.3 is 11.9 Å². The molecule has 0 saturated heterocycles. The van der Waals surface area contributed by atoms with E-state index in [0.29, 0.717) is 0 Å². The van der Waals surface area contributed by atoms with Gasteiger partial charge in [0, 0.05) is 12.2 Å². The Labute approximate surface area is 182 Å². The van der Waals surface area contributed by atoms with Crippen LogP contribution in [0.15, 0.2) is 97.1 Å². The lowest BCUT2D eigenvalue weighted by Gasteiger charge is -2.17.